The highest BCUT2D eigenvalue weighted by Gasteiger charge is 2.11. The zero-order valence-electron chi connectivity index (χ0n) is 10.4. The van der Waals surface area contributed by atoms with Crippen molar-refractivity contribution in [3.05, 3.63) is 40.4 Å². The lowest BCUT2D eigenvalue weighted by atomic mass is 10.2. The van der Waals surface area contributed by atoms with Crippen LogP contribution in [0.3, 0.4) is 0 Å². The molecule has 1 N–H and O–H groups in total. The second-order valence-electron chi connectivity index (χ2n) is 4.02. The zero-order chi connectivity index (χ0) is 13.1. The van der Waals surface area contributed by atoms with Gasteiger partial charge in [0, 0.05) is 25.7 Å². The topological polar surface area (TPSA) is 36.9 Å². The number of aromatic nitrogens is 3. The lowest BCUT2D eigenvalue weighted by Gasteiger charge is -2.18. The lowest BCUT2D eigenvalue weighted by molar-refractivity contribution is 0.605. The SMILES string of the molecule is CCn1c(N(C)Cc2ccccc2F)n[nH]c1=S. The Bertz CT molecular complexity index is 590. The summed E-state index contributed by atoms with van der Waals surface area (Å²) in [5, 5.41) is 6.91. The maximum absolute atomic E-state index is 13.6. The van der Waals surface area contributed by atoms with Crippen LogP contribution in [0.4, 0.5) is 10.3 Å². The lowest BCUT2D eigenvalue weighted by Crippen LogP contribution is -2.21. The molecule has 0 aliphatic heterocycles. The van der Waals surface area contributed by atoms with Gasteiger partial charge in [0.1, 0.15) is 5.82 Å². The Hall–Kier alpha value is -1.69. The van der Waals surface area contributed by atoms with Crippen LogP contribution in [-0.4, -0.2) is 21.8 Å². The quantitative estimate of drug-likeness (QED) is 0.865. The molecule has 0 unspecified atom stereocenters. The third-order valence-electron chi connectivity index (χ3n) is 2.76. The molecule has 2 rings (SSSR count). The van der Waals surface area contributed by atoms with E-state index in [2.05, 4.69) is 10.2 Å². The van der Waals surface area contributed by atoms with Gasteiger partial charge in [-0.2, -0.15) is 0 Å². The minimum atomic E-state index is -0.207. The molecule has 0 saturated carbocycles. The summed E-state index contributed by atoms with van der Waals surface area (Å²) in [6.45, 7) is 3.17. The van der Waals surface area contributed by atoms with Gasteiger partial charge in [-0.3, -0.25) is 4.57 Å². The van der Waals surface area contributed by atoms with Crippen LogP contribution in [0.2, 0.25) is 0 Å². The van der Waals surface area contributed by atoms with Crippen molar-refractivity contribution in [3.63, 3.8) is 0 Å². The van der Waals surface area contributed by atoms with E-state index in [4.69, 9.17) is 12.2 Å². The molecular formula is C12H15FN4S. The molecule has 0 aliphatic rings. The van der Waals surface area contributed by atoms with E-state index in [1.807, 2.05) is 29.5 Å². The molecule has 0 spiro atoms. The van der Waals surface area contributed by atoms with Gasteiger partial charge >= 0.3 is 0 Å². The minimum absolute atomic E-state index is 0.207. The highest BCUT2D eigenvalue weighted by molar-refractivity contribution is 7.71. The van der Waals surface area contributed by atoms with E-state index in [9.17, 15) is 4.39 Å². The van der Waals surface area contributed by atoms with E-state index in [1.54, 1.807) is 12.1 Å². The van der Waals surface area contributed by atoms with Crippen LogP contribution >= 0.6 is 12.2 Å². The molecule has 4 nitrogen and oxygen atoms in total. The summed E-state index contributed by atoms with van der Waals surface area (Å²) in [7, 11) is 1.86. The Kier molecular flexibility index (Phi) is 3.76. The zero-order valence-corrected chi connectivity index (χ0v) is 11.2. The summed E-state index contributed by atoms with van der Waals surface area (Å²) in [6, 6.07) is 6.73. The van der Waals surface area contributed by atoms with Gasteiger partial charge in [-0.1, -0.05) is 18.2 Å². The number of rotatable bonds is 4. The van der Waals surface area contributed by atoms with E-state index in [0.29, 0.717) is 22.8 Å². The standard InChI is InChI=1S/C12H15FN4S/c1-3-17-11(14-15-12(17)18)16(2)8-9-6-4-5-7-10(9)13/h4-7H,3,8H2,1-2H3,(H,15,18). The molecule has 1 aromatic carbocycles. The Morgan fingerprint density at radius 1 is 1.44 bits per heavy atom. The fourth-order valence-electron chi connectivity index (χ4n) is 1.84. The van der Waals surface area contributed by atoms with Crippen molar-refractivity contribution in [1.29, 1.82) is 0 Å². The number of hydrogen-bond acceptors (Lipinski definition) is 3. The van der Waals surface area contributed by atoms with Gasteiger partial charge in [0.15, 0.2) is 4.77 Å². The first-order valence-electron chi connectivity index (χ1n) is 5.73. The van der Waals surface area contributed by atoms with Crippen LogP contribution < -0.4 is 4.90 Å². The van der Waals surface area contributed by atoms with Gasteiger partial charge in [0.25, 0.3) is 0 Å². The van der Waals surface area contributed by atoms with Gasteiger partial charge in [-0.15, -0.1) is 5.10 Å². The van der Waals surface area contributed by atoms with Crippen LogP contribution in [0.15, 0.2) is 24.3 Å². The summed E-state index contributed by atoms with van der Waals surface area (Å²) in [5.74, 6) is 0.507. The largest absolute Gasteiger partial charge is 0.340 e. The van der Waals surface area contributed by atoms with Gasteiger partial charge in [-0.25, -0.2) is 9.49 Å². The molecule has 96 valence electrons. The van der Waals surface area contributed by atoms with Crippen LogP contribution in [0.25, 0.3) is 0 Å². The molecular weight excluding hydrogens is 251 g/mol. The number of hydrogen-bond donors (Lipinski definition) is 1. The monoisotopic (exact) mass is 266 g/mol. The molecule has 0 bridgehead atoms. The fraction of sp³-hybridized carbons (Fsp3) is 0.333. The first kappa shape index (κ1) is 12.8. The predicted octanol–water partition coefficient (Wildman–Crippen LogP) is 2.74. The average Bonchev–Trinajstić information content (AvgIpc) is 2.73. The number of nitrogens with zero attached hydrogens (tertiary/aromatic N) is 3. The normalized spacial score (nSPS) is 10.6. The number of benzene rings is 1. The minimum Gasteiger partial charge on any atom is -0.340 e. The highest BCUT2D eigenvalue weighted by atomic mass is 32.1. The molecule has 1 heterocycles. The van der Waals surface area contributed by atoms with Crippen molar-refractivity contribution < 1.29 is 4.39 Å². The molecule has 0 saturated heterocycles. The second-order valence-corrected chi connectivity index (χ2v) is 4.41. The molecule has 1 aromatic heterocycles. The van der Waals surface area contributed by atoms with E-state index in [0.717, 1.165) is 6.54 Å². The Balaban J connectivity index is 2.25. The van der Waals surface area contributed by atoms with Crippen LogP contribution in [0.1, 0.15) is 12.5 Å². The third kappa shape index (κ3) is 2.43. The summed E-state index contributed by atoms with van der Waals surface area (Å²) < 4.78 is 16.0. The molecule has 0 radical (unpaired) electrons. The Labute approximate surface area is 110 Å². The molecule has 2 aromatic rings. The summed E-state index contributed by atoms with van der Waals surface area (Å²) >= 11 is 5.13. The average molecular weight is 266 g/mol. The molecule has 0 fully saturated rings. The Morgan fingerprint density at radius 2 is 2.17 bits per heavy atom. The molecule has 0 atom stereocenters. The van der Waals surface area contributed by atoms with Crippen LogP contribution in [0, 0.1) is 10.6 Å². The van der Waals surface area contributed by atoms with E-state index < -0.39 is 0 Å². The number of aromatic amines is 1. The number of H-pyrrole nitrogens is 1. The van der Waals surface area contributed by atoms with Gasteiger partial charge in [-0.05, 0) is 25.2 Å². The maximum atomic E-state index is 13.6. The van der Waals surface area contributed by atoms with Crippen molar-refractivity contribution in [2.45, 2.75) is 20.0 Å². The van der Waals surface area contributed by atoms with Crippen molar-refractivity contribution in [2.75, 3.05) is 11.9 Å². The molecule has 6 heteroatoms. The molecule has 0 amide bonds. The number of halogens is 1. The van der Waals surface area contributed by atoms with Crippen molar-refractivity contribution in [3.8, 4) is 0 Å². The van der Waals surface area contributed by atoms with Crippen molar-refractivity contribution in [1.82, 2.24) is 14.8 Å². The molecule has 18 heavy (non-hydrogen) atoms. The summed E-state index contributed by atoms with van der Waals surface area (Å²) in [5.41, 5.74) is 0.636. The fourth-order valence-corrected chi connectivity index (χ4v) is 2.10. The highest BCUT2D eigenvalue weighted by Crippen LogP contribution is 2.15. The van der Waals surface area contributed by atoms with Gasteiger partial charge in [0.2, 0.25) is 5.95 Å². The summed E-state index contributed by atoms with van der Waals surface area (Å²) in [4.78, 5) is 1.87. The predicted molar refractivity (Wildman–Crippen MR) is 71.6 cm³/mol. The summed E-state index contributed by atoms with van der Waals surface area (Å²) in [6.07, 6.45) is 0. The number of anilines is 1. The maximum Gasteiger partial charge on any atom is 0.225 e. The van der Waals surface area contributed by atoms with E-state index >= 15 is 0 Å². The Morgan fingerprint density at radius 3 is 2.83 bits per heavy atom. The second kappa shape index (κ2) is 5.30. The van der Waals surface area contributed by atoms with E-state index in [1.165, 1.54) is 6.07 Å². The smallest absolute Gasteiger partial charge is 0.225 e. The van der Waals surface area contributed by atoms with Crippen molar-refractivity contribution >= 4 is 18.2 Å². The first-order valence-corrected chi connectivity index (χ1v) is 6.14. The van der Waals surface area contributed by atoms with Crippen molar-refractivity contribution in [2.24, 2.45) is 0 Å². The van der Waals surface area contributed by atoms with Gasteiger partial charge in [0.05, 0.1) is 0 Å². The molecule has 0 aliphatic carbocycles. The number of nitrogens with one attached hydrogen (secondary N) is 1. The van der Waals surface area contributed by atoms with Crippen LogP contribution in [0.5, 0.6) is 0 Å². The third-order valence-corrected chi connectivity index (χ3v) is 3.07. The van der Waals surface area contributed by atoms with Gasteiger partial charge < -0.3 is 4.90 Å². The first-order chi connectivity index (χ1) is 8.63. The van der Waals surface area contributed by atoms with E-state index in [-0.39, 0.29) is 5.82 Å². The van der Waals surface area contributed by atoms with Crippen LogP contribution in [-0.2, 0) is 13.1 Å².